The van der Waals surface area contributed by atoms with Crippen LogP contribution in [-0.4, -0.2) is 39.6 Å². The van der Waals surface area contributed by atoms with E-state index in [4.69, 9.17) is 9.57 Å². The first-order valence-electron chi connectivity index (χ1n) is 13.6. The summed E-state index contributed by atoms with van der Waals surface area (Å²) < 4.78 is 61.8. The van der Waals surface area contributed by atoms with Crippen LogP contribution in [0.1, 0.15) is 30.4 Å². The monoisotopic (exact) mass is 621 g/mol. The lowest BCUT2D eigenvalue weighted by Crippen LogP contribution is -2.32. The van der Waals surface area contributed by atoms with Gasteiger partial charge in [0.15, 0.2) is 6.29 Å². The number of hydrogen-bond acceptors (Lipinski definition) is 7. The number of nitrogens with one attached hydrogen (secondary N) is 2. The number of carbonyl (C=O) groups is 1. The number of hydroxylamine groups is 1. The molecule has 3 aromatic carbocycles. The Morgan fingerprint density at radius 3 is 2.42 bits per heavy atom. The lowest BCUT2D eigenvalue weighted by Gasteiger charge is -2.21. The Labute approximate surface area is 251 Å². The zero-order valence-electron chi connectivity index (χ0n) is 23.3. The van der Waals surface area contributed by atoms with E-state index in [1.807, 2.05) is 6.92 Å². The number of carbonyl (C=O) groups excluding carboxylic acids is 1. The molecule has 224 valence electrons. The Morgan fingerprint density at radius 1 is 0.953 bits per heavy atom. The van der Waals surface area contributed by atoms with Crippen LogP contribution in [0.5, 0.6) is 0 Å². The molecule has 1 aliphatic heterocycles. The third-order valence-corrected chi connectivity index (χ3v) is 9.86. The van der Waals surface area contributed by atoms with Crippen molar-refractivity contribution in [1.82, 2.24) is 9.45 Å². The van der Waals surface area contributed by atoms with Crippen molar-refractivity contribution in [2.45, 2.75) is 42.3 Å². The second-order valence-corrected chi connectivity index (χ2v) is 13.5. The van der Waals surface area contributed by atoms with Gasteiger partial charge in [0.05, 0.1) is 9.79 Å². The van der Waals surface area contributed by atoms with Crippen LogP contribution in [0.4, 0.5) is 5.69 Å². The molecule has 4 aromatic rings. The molecule has 2 N–H and O–H groups in total. The molecule has 1 atom stereocenters. The quantitative estimate of drug-likeness (QED) is 0.186. The van der Waals surface area contributed by atoms with Gasteiger partial charge in [-0.1, -0.05) is 48.0 Å². The lowest BCUT2D eigenvalue weighted by atomic mass is 10.1. The first-order valence-corrected chi connectivity index (χ1v) is 16.5. The summed E-state index contributed by atoms with van der Waals surface area (Å²) >= 11 is 0. The number of nitrogens with zero attached hydrogens (tertiary/aromatic N) is 1. The number of rotatable bonds is 10. The number of sulfonamides is 1. The van der Waals surface area contributed by atoms with Crippen molar-refractivity contribution in [2.24, 2.45) is 0 Å². The minimum atomic E-state index is -4.01. The minimum absolute atomic E-state index is 0.0627. The van der Waals surface area contributed by atoms with Crippen LogP contribution >= 0.6 is 0 Å². The molecule has 1 saturated heterocycles. The van der Waals surface area contributed by atoms with Crippen molar-refractivity contribution in [3.8, 4) is 11.1 Å². The minimum Gasteiger partial charge on any atom is -0.350 e. The molecule has 0 saturated carbocycles. The van der Waals surface area contributed by atoms with Crippen LogP contribution in [0.25, 0.3) is 17.2 Å². The van der Waals surface area contributed by atoms with Gasteiger partial charge in [-0.15, -0.1) is 0 Å². The van der Waals surface area contributed by atoms with Gasteiger partial charge in [-0.3, -0.25) is 9.52 Å². The molecule has 12 heteroatoms. The highest BCUT2D eigenvalue weighted by Crippen LogP contribution is 2.30. The van der Waals surface area contributed by atoms with Crippen molar-refractivity contribution in [3.63, 3.8) is 0 Å². The standard InChI is InChI=1S/C31H31N3O7S2/c1-23-9-16-27(17-10-23)42(36,37)33-26-14-12-25(13-15-26)28-6-2-3-7-29(28)43(38,39)34-20-19-24(22-34)11-18-30(35)32-41-31-8-4-5-21-40-31/h2-3,6-7,9-20,22,31,33H,4-5,8,21H2,1H3,(H,32,35). The van der Waals surface area contributed by atoms with Gasteiger partial charge in [0.1, 0.15) is 0 Å². The van der Waals surface area contributed by atoms with Crippen LogP contribution in [0, 0.1) is 6.92 Å². The molecule has 1 aromatic heterocycles. The molecule has 5 rings (SSSR count). The summed E-state index contributed by atoms with van der Waals surface area (Å²) in [5.74, 6) is -0.500. The van der Waals surface area contributed by atoms with Crippen molar-refractivity contribution >= 4 is 37.7 Å². The molecule has 0 radical (unpaired) electrons. The molecule has 1 aliphatic rings. The molecule has 1 amide bonds. The maximum absolute atomic E-state index is 13.6. The number of anilines is 1. The summed E-state index contributed by atoms with van der Waals surface area (Å²) in [6.45, 7) is 2.46. The zero-order valence-corrected chi connectivity index (χ0v) is 25.0. The average molecular weight is 622 g/mol. The van der Waals surface area contributed by atoms with E-state index in [0.29, 0.717) is 35.4 Å². The molecular weight excluding hydrogens is 590 g/mol. The van der Waals surface area contributed by atoms with Gasteiger partial charge < -0.3 is 4.74 Å². The smallest absolute Gasteiger partial charge is 0.268 e. The van der Waals surface area contributed by atoms with Gasteiger partial charge in [0, 0.05) is 42.7 Å². The molecule has 43 heavy (non-hydrogen) atoms. The fraction of sp³-hybridized carbons (Fsp3) is 0.194. The molecule has 1 unspecified atom stereocenters. The average Bonchev–Trinajstić information content (AvgIpc) is 3.50. The highest BCUT2D eigenvalue weighted by atomic mass is 32.2. The summed E-state index contributed by atoms with van der Waals surface area (Å²) in [5, 5.41) is 0. The van der Waals surface area contributed by atoms with E-state index in [2.05, 4.69) is 10.2 Å². The summed E-state index contributed by atoms with van der Waals surface area (Å²) in [5.41, 5.74) is 5.14. The van der Waals surface area contributed by atoms with Crippen LogP contribution in [0.2, 0.25) is 0 Å². The maximum Gasteiger partial charge on any atom is 0.268 e. The van der Waals surface area contributed by atoms with Crippen molar-refractivity contribution in [2.75, 3.05) is 11.3 Å². The second-order valence-electron chi connectivity index (χ2n) is 9.99. The summed E-state index contributed by atoms with van der Waals surface area (Å²) in [7, 11) is -7.79. The Morgan fingerprint density at radius 2 is 1.70 bits per heavy atom. The van der Waals surface area contributed by atoms with Gasteiger partial charge in [-0.25, -0.2) is 31.1 Å². The number of ether oxygens (including phenoxy) is 1. The van der Waals surface area contributed by atoms with Gasteiger partial charge in [0.2, 0.25) is 0 Å². The Bertz CT molecular complexity index is 1820. The fourth-order valence-electron chi connectivity index (χ4n) is 4.47. The second kappa shape index (κ2) is 13.0. The van der Waals surface area contributed by atoms with Gasteiger partial charge in [0.25, 0.3) is 26.0 Å². The molecule has 10 nitrogen and oxygen atoms in total. The van der Waals surface area contributed by atoms with E-state index in [9.17, 15) is 21.6 Å². The highest BCUT2D eigenvalue weighted by Gasteiger charge is 2.22. The van der Waals surface area contributed by atoms with Gasteiger partial charge in [-0.05, 0) is 73.4 Å². The highest BCUT2D eigenvalue weighted by molar-refractivity contribution is 7.92. The van der Waals surface area contributed by atoms with E-state index >= 15 is 0 Å². The summed E-state index contributed by atoms with van der Waals surface area (Å²) in [4.78, 5) is 17.6. The normalized spacial score (nSPS) is 15.8. The van der Waals surface area contributed by atoms with Crippen molar-refractivity contribution < 1.29 is 31.2 Å². The summed E-state index contributed by atoms with van der Waals surface area (Å²) in [6, 6.07) is 21.1. The third-order valence-electron chi connectivity index (χ3n) is 6.77. The number of hydrogen-bond donors (Lipinski definition) is 2. The largest absolute Gasteiger partial charge is 0.350 e. The number of amides is 1. The Hall–Kier alpha value is -4.23. The van der Waals surface area contributed by atoms with Gasteiger partial charge >= 0.3 is 0 Å². The van der Waals surface area contributed by atoms with Crippen LogP contribution in [0.15, 0.2) is 107 Å². The van der Waals surface area contributed by atoms with E-state index in [1.54, 1.807) is 60.7 Å². The molecule has 0 aliphatic carbocycles. The van der Waals surface area contributed by atoms with E-state index in [1.165, 1.54) is 42.7 Å². The molecule has 0 spiro atoms. The van der Waals surface area contributed by atoms with E-state index < -0.39 is 32.2 Å². The maximum atomic E-state index is 13.6. The van der Waals surface area contributed by atoms with Gasteiger partial charge in [-0.2, -0.15) is 0 Å². The molecule has 0 bridgehead atoms. The molecular formula is C31H31N3O7S2. The molecule has 2 heterocycles. The zero-order chi connectivity index (χ0) is 30.5. The van der Waals surface area contributed by atoms with Crippen molar-refractivity contribution in [1.29, 1.82) is 0 Å². The Balaban J connectivity index is 1.29. The third kappa shape index (κ3) is 7.41. The van der Waals surface area contributed by atoms with E-state index in [0.717, 1.165) is 22.4 Å². The number of aryl methyl sites for hydroxylation is 1. The first-order chi connectivity index (χ1) is 20.6. The van der Waals surface area contributed by atoms with Crippen LogP contribution < -0.4 is 10.2 Å². The predicted octanol–water partition coefficient (Wildman–Crippen LogP) is 5.09. The topological polar surface area (TPSA) is 133 Å². The SMILES string of the molecule is Cc1ccc(S(=O)(=O)Nc2ccc(-c3ccccc3S(=O)(=O)n3ccc(C=CC(=O)NOC4CCCCO4)c3)cc2)cc1. The number of benzene rings is 3. The predicted molar refractivity (Wildman–Crippen MR) is 163 cm³/mol. The first kappa shape index (κ1) is 30.2. The van der Waals surface area contributed by atoms with Crippen LogP contribution in [0.3, 0.4) is 0 Å². The lowest BCUT2D eigenvalue weighted by molar-refractivity contribution is -0.198. The fourth-order valence-corrected chi connectivity index (χ4v) is 6.95. The van der Waals surface area contributed by atoms with Crippen molar-refractivity contribution in [3.05, 3.63) is 108 Å². The Kier molecular flexibility index (Phi) is 9.11. The van der Waals surface area contributed by atoms with Crippen LogP contribution in [-0.2, 0) is 34.4 Å². The van der Waals surface area contributed by atoms with E-state index in [-0.39, 0.29) is 9.79 Å². The molecule has 1 fully saturated rings. The number of aromatic nitrogens is 1. The summed E-state index contributed by atoms with van der Waals surface area (Å²) in [6.07, 6.45) is 7.68.